The maximum atomic E-state index is 5.75. The van der Waals surface area contributed by atoms with Crippen molar-refractivity contribution in [2.75, 3.05) is 11.5 Å². The van der Waals surface area contributed by atoms with Crippen LogP contribution < -0.4 is 11.5 Å². The SMILES string of the molecule is CC.Nc1ccc(-c2nc3ccc(N)cc3s2)cc1. The van der Waals surface area contributed by atoms with Gasteiger partial charge in [-0.1, -0.05) is 13.8 Å². The lowest BCUT2D eigenvalue weighted by molar-refractivity contribution is 1.48. The van der Waals surface area contributed by atoms with E-state index < -0.39 is 0 Å². The Morgan fingerprint density at radius 2 is 1.53 bits per heavy atom. The van der Waals surface area contributed by atoms with Crippen molar-refractivity contribution < 1.29 is 0 Å². The molecule has 2 aromatic carbocycles. The predicted octanol–water partition coefficient (Wildman–Crippen LogP) is 4.15. The van der Waals surface area contributed by atoms with Crippen LogP contribution in [0.5, 0.6) is 0 Å². The summed E-state index contributed by atoms with van der Waals surface area (Å²) in [6.45, 7) is 4.00. The number of anilines is 2. The molecule has 0 bridgehead atoms. The van der Waals surface area contributed by atoms with Crippen molar-refractivity contribution >= 4 is 32.9 Å². The molecule has 0 aliphatic heterocycles. The molecule has 0 spiro atoms. The molecule has 0 fully saturated rings. The first-order valence-corrected chi connectivity index (χ1v) is 7.06. The lowest BCUT2D eigenvalue weighted by Gasteiger charge is -1.95. The summed E-state index contributed by atoms with van der Waals surface area (Å²) in [6, 6.07) is 13.5. The van der Waals surface area contributed by atoms with Gasteiger partial charge in [0.25, 0.3) is 0 Å². The second kappa shape index (κ2) is 5.71. The lowest BCUT2D eigenvalue weighted by Crippen LogP contribution is -1.83. The second-order valence-corrected chi connectivity index (χ2v) is 4.90. The summed E-state index contributed by atoms with van der Waals surface area (Å²) >= 11 is 1.64. The molecule has 4 heteroatoms. The minimum absolute atomic E-state index is 0.763. The Balaban J connectivity index is 0.000000637. The Morgan fingerprint density at radius 3 is 2.21 bits per heavy atom. The zero-order valence-electron chi connectivity index (χ0n) is 11.1. The molecule has 1 aromatic heterocycles. The van der Waals surface area contributed by atoms with Crippen molar-refractivity contribution in [3.05, 3.63) is 42.5 Å². The van der Waals surface area contributed by atoms with Crippen LogP contribution in [-0.4, -0.2) is 4.98 Å². The van der Waals surface area contributed by atoms with Gasteiger partial charge in [0.05, 0.1) is 10.2 Å². The molecular weight excluding hydrogens is 254 g/mol. The van der Waals surface area contributed by atoms with Gasteiger partial charge in [-0.05, 0) is 42.5 Å². The monoisotopic (exact) mass is 271 g/mol. The molecule has 1 heterocycles. The molecule has 0 saturated carbocycles. The van der Waals surface area contributed by atoms with Crippen LogP contribution in [0.1, 0.15) is 13.8 Å². The van der Waals surface area contributed by atoms with Crippen molar-refractivity contribution in [3.8, 4) is 10.6 Å². The van der Waals surface area contributed by atoms with E-state index in [1.807, 2.05) is 56.3 Å². The van der Waals surface area contributed by atoms with E-state index in [2.05, 4.69) is 4.98 Å². The highest BCUT2D eigenvalue weighted by molar-refractivity contribution is 7.21. The van der Waals surface area contributed by atoms with Crippen molar-refractivity contribution in [1.29, 1.82) is 0 Å². The molecule has 3 rings (SSSR count). The van der Waals surface area contributed by atoms with Crippen molar-refractivity contribution in [2.45, 2.75) is 13.8 Å². The van der Waals surface area contributed by atoms with Gasteiger partial charge in [-0.3, -0.25) is 0 Å². The zero-order chi connectivity index (χ0) is 13.8. The van der Waals surface area contributed by atoms with E-state index in [0.717, 1.165) is 32.2 Å². The normalized spacial score (nSPS) is 10.0. The van der Waals surface area contributed by atoms with Gasteiger partial charge in [0.1, 0.15) is 5.01 Å². The highest BCUT2D eigenvalue weighted by Gasteiger charge is 2.05. The van der Waals surface area contributed by atoms with E-state index in [0.29, 0.717) is 0 Å². The highest BCUT2D eigenvalue weighted by atomic mass is 32.1. The largest absolute Gasteiger partial charge is 0.399 e. The number of benzene rings is 2. The van der Waals surface area contributed by atoms with Crippen molar-refractivity contribution in [2.24, 2.45) is 0 Å². The topological polar surface area (TPSA) is 64.9 Å². The Bertz CT molecular complexity index is 671. The first-order valence-electron chi connectivity index (χ1n) is 6.24. The number of thiazole rings is 1. The maximum absolute atomic E-state index is 5.75. The van der Waals surface area contributed by atoms with Crippen LogP contribution in [0.3, 0.4) is 0 Å². The number of hydrogen-bond donors (Lipinski definition) is 2. The van der Waals surface area contributed by atoms with Gasteiger partial charge in [0.15, 0.2) is 0 Å². The van der Waals surface area contributed by atoms with E-state index in [4.69, 9.17) is 11.5 Å². The summed E-state index contributed by atoms with van der Waals surface area (Å²) < 4.78 is 1.11. The zero-order valence-corrected chi connectivity index (χ0v) is 11.9. The molecule has 0 unspecified atom stereocenters. The van der Waals surface area contributed by atoms with Gasteiger partial charge in [0, 0.05) is 16.9 Å². The molecule has 4 N–H and O–H groups in total. The molecule has 0 radical (unpaired) electrons. The van der Waals surface area contributed by atoms with Gasteiger partial charge in [-0.15, -0.1) is 11.3 Å². The van der Waals surface area contributed by atoms with Gasteiger partial charge in [0.2, 0.25) is 0 Å². The molecule has 0 aliphatic carbocycles. The van der Waals surface area contributed by atoms with Crippen molar-refractivity contribution in [3.63, 3.8) is 0 Å². The highest BCUT2D eigenvalue weighted by Crippen LogP contribution is 2.31. The van der Waals surface area contributed by atoms with Gasteiger partial charge in [-0.25, -0.2) is 4.98 Å². The summed E-state index contributed by atoms with van der Waals surface area (Å²) in [7, 11) is 0. The average Bonchev–Trinajstić information content (AvgIpc) is 2.84. The fourth-order valence-electron chi connectivity index (χ4n) is 1.69. The summed E-state index contributed by atoms with van der Waals surface area (Å²) in [5, 5.41) is 0.991. The third kappa shape index (κ3) is 2.85. The lowest BCUT2D eigenvalue weighted by atomic mass is 10.2. The summed E-state index contributed by atoms with van der Waals surface area (Å²) in [5.41, 5.74) is 15.0. The number of hydrogen-bond acceptors (Lipinski definition) is 4. The summed E-state index contributed by atoms with van der Waals surface area (Å²) in [4.78, 5) is 4.58. The minimum atomic E-state index is 0.763. The number of nitrogens with zero attached hydrogens (tertiary/aromatic N) is 1. The number of nitrogen functional groups attached to an aromatic ring is 2. The van der Waals surface area contributed by atoms with Crippen LogP contribution in [0.2, 0.25) is 0 Å². The average molecular weight is 271 g/mol. The Labute approximate surface area is 116 Å². The predicted molar refractivity (Wildman–Crippen MR) is 85.2 cm³/mol. The molecular formula is C15H17N3S. The van der Waals surface area contributed by atoms with Crippen LogP contribution in [-0.2, 0) is 0 Å². The van der Waals surface area contributed by atoms with Crippen molar-refractivity contribution in [1.82, 2.24) is 4.98 Å². The first kappa shape index (κ1) is 13.4. The molecule has 3 nitrogen and oxygen atoms in total. The fraction of sp³-hybridized carbons (Fsp3) is 0.133. The third-order valence-electron chi connectivity index (χ3n) is 2.57. The third-order valence-corrected chi connectivity index (χ3v) is 3.64. The Kier molecular flexibility index (Phi) is 4.02. The van der Waals surface area contributed by atoms with Gasteiger partial charge in [-0.2, -0.15) is 0 Å². The van der Waals surface area contributed by atoms with Crippen LogP contribution in [0, 0.1) is 0 Å². The number of rotatable bonds is 1. The second-order valence-electron chi connectivity index (χ2n) is 3.87. The van der Waals surface area contributed by atoms with Gasteiger partial charge < -0.3 is 11.5 Å². The summed E-state index contributed by atoms with van der Waals surface area (Å²) in [5.74, 6) is 0. The maximum Gasteiger partial charge on any atom is 0.124 e. The molecule has 0 amide bonds. The number of fused-ring (bicyclic) bond motifs is 1. The molecule has 0 atom stereocenters. The van der Waals surface area contributed by atoms with E-state index in [9.17, 15) is 0 Å². The van der Waals surface area contributed by atoms with E-state index in [1.54, 1.807) is 11.3 Å². The molecule has 0 saturated heterocycles. The van der Waals surface area contributed by atoms with Crippen LogP contribution in [0.25, 0.3) is 20.8 Å². The Hall–Kier alpha value is -2.07. The fourth-order valence-corrected chi connectivity index (χ4v) is 2.71. The standard InChI is InChI=1S/C13H11N3S.C2H6/c14-9-3-1-8(2-4-9)13-16-11-6-5-10(15)7-12(11)17-13;1-2/h1-7H,14-15H2;1-2H3. The number of aromatic nitrogens is 1. The Morgan fingerprint density at radius 1 is 0.895 bits per heavy atom. The molecule has 3 aromatic rings. The smallest absolute Gasteiger partial charge is 0.124 e. The quantitative estimate of drug-likeness (QED) is 0.653. The molecule has 0 aliphatic rings. The number of nitrogens with two attached hydrogens (primary N) is 2. The first-order chi connectivity index (χ1) is 9.22. The van der Waals surface area contributed by atoms with E-state index in [1.165, 1.54) is 0 Å². The van der Waals surface area contributed by atoms with E-state index >= 15 is 0 Å². The minimum Gasteiger partial charge on any atom is -0.399 e. The van der Waals surface area contributed by atoms with E-state index in [-0.39, 0.29) is 0 Å². The molecule has 98 valence electrons. The summed E-state index contributed by atoms with van der Waals surface area (Å²) in [6.07, 6.45) is 0. The van der Waals surface area contributed by atoms with Crippen LogP contribution >= 0.6 is 11.3 Å². The van der Waals surface area contributed by atoms with Gasteiger partial charge >= 0.3 is 0 Å². The molecule has 19 heavy (non-hydrogen) atoms. The van der Waals surface area contributed by atoms with Crippen LogP contribution in [0.4, 0.5) is 11.4 Å². The van der Waals surface area contributed by atoms with Crippen LogP contribution in [0.15, 0.2) is 42.5 Å².